The standard InChI is InChI=1S/C18H28N2O4S/c1-3-4-14-25(22,23)20-11-5-10-19(12-13-20)18(21)15-24-17-8-6-16(2)7-9-17/h6-9H,3-5,10-15H2,1-2H3. The molecule has 7 heteroatoms. The fraction of sp³-hybridized carbons (Fsp3) is 0.611. The zero-order valence-corrected chi connectivity index (χ0v) is 15.9. The summed E-state index contributed by atoms with van der Waals surface area (Å²) in [5.74, 6) is 0.750. The van der Waals surface area contributed by atoms with E-state index in [1.165, 1.54) is 4.31 Å². The fourth-order valence-electron chi connectivity index (χ4n) is 2.75. The molecule has 1 fully saturated rings. The summed E-state index contributed by atoms with van der Waals surface area (Å²) in [7, 11) is -3.21. The highest BCUT2D eigenvalue weighted by molar-refractivity contribution is 7.89. The normalized spacial score (nSPS) is 16.5. The Hall–Kier alpha value is -1.60. The van der Waals surface area contributed by atoms with Gasteiger partial charge in [-0.05, 0) is 31.9 Å². The summed E-state index contributed by atoms with van der Waals surface area (Å²) in [4.78, 5) is 14.1. The van der Waals surface area contributed by atoms with Crippen LogP contribution in [0.4, 0.5) is 0 Å². The van der Waals surface area contributed by atoms with Crippen molar-refractivity contribution in [1.29, 1.82) is 0 Å². The van der Waals surface area contributed by atoms with Crippen LogP contribution in [0.2, 0.25) is 0 Å². The highest BCUT2D eigenvalue weighted by atomic mass is 32.2. The second-order valence-corrected chi connectivity index (χ2v) is 8.49. The van der Waals surface area contributed by atoms with E-state index in [4.69, 9.17) is 4.74 Å². The predicted molar refractivity (Wildman–Crippen MR) is 98.1 cm³/mol. The van der Waals surface area contributed by atoms with Crippen LogP contribution in [-0.2, 0) is 14.8 Å². The van der Waals surface area contributed by atoms with Crippen molar-refractivity contribution in [2.75, 3.05) is 38.5 Å². The molecule has 25 heavy (non-hydrogen) atoms. The minimum absolute atomic E-state index is 0.0222. The number of hydrogen-bond acceptors (Lipinski definition) is 4. The number of sulfonamides is 1. The SMILES string of the molecule is CCCCS(=O)(=O)N1CCCN(C(=O)COc2ccc(C)cc2)CC1. The van der Waals surface area contributed by atoms with Crippen molar-refractivity contribution in [2.24, 2.45) is 0 Å². The topological polar surface area (TPSA) is 66.9 Å². The van der Waals surface area contributed by atoms with E-state index in [-0.39, 0.29) is 18.3 Å². The molecule has 1 aliphatic rings. The number of nitrogens with zero attached hydrogens (tertiary/aromatic N) is 2. The van der Waals surface area contributed by atoms with Crippen LogP contribution in [0.25, 0.3) is 0 Å². The molecule has 2 rings (SSSR count). The molecule has 0 atom stereocenters. The van der Waals surface area contributed by atoms with Gasteiger partial charge in [0.15, 0.2) is 6.61 Å². The molecule has 0 radical (unpaired) electrons. The van der Waals surface area contributed by atoms with Gasteiger partial charge in [-0.15, -0.1) is 0 Å². The van der Waals surface area contributed by atoms with Crippen LogP contribution in [0.3, 0.4) is 0 Å². The molecule has 140 valence electrons. The Labute approximate surface area is 150 Å². The molecule has 0 aliphatic carbocycles. The number of benzene rings is 1. The first kappa shape index (κ1) is 19.7. The summed E-state index contributed by atoms with van der Waals surface area (Å²) in [5.41, 5.74) is 1.13. The van der Waals surface area contributed by atoms with Crippen molar-refractivity contribution in [3.8, 4) is 5.75 Å². The van der Waals surface area contributed by atoms with E-state index in [1.807, 2.05) is 38.1 Å². The Bertz CT molecular complexity index is 658. The monoisotopic (exact) mass is 368 g/mol. The molecular formula is C18H28N2O4S. The third-order valence-electron chi connectivity index (χ3n) is 4.34. The Morgan fingerprint density at radius 1 is 1.12 bits per heavy atom. The van der Waals surface area contributed by atoms with Crippen LogP contribution < -0.4 is 4.74 Å². The number of carbonyl (C=O) groups is 1. The van der Waals surface area contributed by atoms with Gasteiger partial charge in [0.2, 0.25) is 10.0 Å². The van der Waals surface area contributed by atoms with Crippen LogP contribution in [0.15, 0.2) is 24.3 Å². The van der Waals surface area contributed by atoms with Crippen LogP contribution in [0.1, 0.15) is 31.7 Å². The number of ether oxygens (including phenoxy) is 1. The molecule has 1 heterocycles. The number of carbonyl (C=O) groups excluding carboxylic acids is 1. The minimum atomic E-state index is -3.21. The van der Waals surface area contributed by atoms with Crippen LogP contribution in [0.5, 0.6) is 5.75 Å². The molecule has 0 aromatic heterocycles. The lowest BCUT2D eigenvalue weighted by atomic mass is 10.2. The summed E-state index contributed by atoms with van der Waals surface area (Å²) in [6.45, 7) is 5.78. The Morgan fingerprint density at radius 2 is 1.84 bits per heavy atom. The maximum absolute atomic E-state index is 12.4. The number of rotatable bonds is 7. The van der Waals surface area contributed by atoms with Gasteiger partial charge in [0.05, 0.1) is 5.75 Å². The molecule has 0 bridgehead atoms. The molecule has 1 amide bonds. The molecule has 1 aromatic rings. The number of unbranched alkanes of at least 4 members (excludes halogenated alkanes) is 1. The zero-order chi connectivity index (χ0) is 18.3. The quantitative estimate of drug-likeness (QED) is 0.739. The van der Waals surface area contributed by atoms with Gasteiger partial charge in [-0.3, -0.25) is 4.79 Å². The van der Waals surface area contributed by atoms with Gasteiger partial charge < -0.3 is 9.64 Å². The predicted octanol–water partition coefficient (Wildman–Crippen LogP) is 2.04. The molecule has 0 saturated carbocycles. The average molecular weight is 368 g/mol. The van der Waals surface area contributed by atoms with Gasteiger partial charge >= 0.3 is 0 Å². The van der Waals surface area contributed by atoms with Gasteiger partial charge in [0.1, 0.15) is 5.75 Å². The van der Waals surface area contributed by atoms with E-state index in [0.29, 0.717) is 44.8 Å². The molecule has 0 N–H and O–H groups in total. The number of aryl methyl sites for hydroxylation is 1. The number of hydrogen-bond donors (Lipinski definition) is 0. The minimum Gasteiger partial charge on any atom is -0.484 e. The molecule has 0 spiro atoms. The fourth-order valence-corrected chi connectivity index (χ4v) is 4.43. The smallest absolute Gasteiger partial charge is 0.260 e. The lowest BCUT2D eigenvalue weighted by Crippen LogP contribution is -2.39. The molecule has 1 aliphatic heterocycles. The van der Waals surface area contributed by atoms with E-state index in [0.717, 1.165) is 12.0 Å². The Balaban J connectivity index is 1.85. The van der Waals surface area contributed by atoms with Crippen molar-refractivity contribution >= 4 is 15.9 Å². The third kappa shape index (κ3) is 6.01. The summed E-state index contributed by atoms with van der Waals surface area (Å²) in [6.07, 6.45) is 2.18. The van der Waals surface area contributed by atoms with Gasteiger partial charge in [0.25, 0.3) is 5.91 Å². The highest BCUT2D eigenvalue weighted by Crippen LogP contribution is 2.13. The summed E-state index contributed by atoms with van der Waals surface area (Å²) >= 11 is 0. The Kier molecular flexibility index (Phi) is 7.25. The second-order valence-electron chi connectivity index (χ2n) is 6.40. The highest BCUT2D eigenvalue weighted by Gasteiger charge is 2.26. The molecule has 1 saturated heterocycles. The van der Waals surface area contributed by atoms with Gasteiger partial charge in [-0.1, -0.05) is 31.0 Å². The van der Waals surface area contributed by atoms with Gasteiger partial charge in [-0.2, -0.15) is 0 Å². The third-order valence-corrected chi connectivity index (χ3v) is 6.30. The molecule has 0 unspecified atom stereocenters. The number of amides is 1. The second kappa shape index (κ2) is 9.20. The van der Waals surface area contributed by atoms with Crippen molar-refractivity contribution in [2.45, 2.75) is 33.1 Å². The largest absolute Gasteiger partial charge is 0.484 e. The lowest BCUT2D eigenvalue weighted by molar-refractivity contribution is -0.133. The summed E-state index contributed by atoms with van der Waals surface area (Å²) in [6, 6.07) is 7.55. The lowest BCUT2D eigenvalue weighted by Gasteiger charge is -2.22. The van der Waals surface area contributed by atoms with E-state index in [1.54, 1.807) is 4.90 Å². The first-order valence-corrected chi connectivity index (χ1v) is 10.5. The maximum Gasteiger partial charge on any atom is 0.260 e. The van der Waals surface area contributed by atoms with Crippen molar-refractivity contribution in [3.63, 3.8) is 0 Å². The molecular weight excluding hydrogens is 340 g/mol. The van der Waals surface area contributed by atoms with Crippen molar-refractivity contribution < 1.29 is 17.9 Å². The maximum atomic E-state index is 12.4. The first-order valence-electron chi connectivity index (χ1n) is 8.87. The van der Waals surface area contributed by atoms with Crippen LogP contribution >= 0.6 is 0 Å². The zero-order valence-electron chi connectivity index (χ0n) is 15.1. The van der Waals surface area contributed by atoms with Gasteiger partial charge in [0, 0.05) is 26.2 Å². The van der Waals surface area contributed by atoms with Gasteiger partial charge in [-0.25, -0.2) is 12.7 Å². The summed E-state index contributed by atoms with van der Waals surface area (Å²) < 4.78 is 31.7. The average Bonchev–Trinajstić information content (AvgIpc) is 2.86. The van der Waals surface area contributed by atoms with E-state index in [2.05, 4.69) is 0 Å². The van der Waals surface area contributed by atoms with Crippen LogP contribution in [0, 0.1) is 6.92 Å². The first-order chi connectivity index (χ1) is 11.9. The Morgan fingerprint density at radius 3 is 2.52 bits per heavy atom. The summed E-state index contributed by atoms with van der Waals surface area (Å²) in [5, 5.41) is 0. The van der Waals surface area contributed by atoms with Crippen molar-refractivity contribution in [1.82, 2.24) is 9.21 Å². The van der Waals surface area contributed by atoms with E-state index >= 15 is 0 Å². The van der Waals surface area contributed by atoms with Crippen molar-refractivity contribution in [3.05, 3.63) is 29.8 Å². The van der Waals surface area contributed by atoms with E-state index < -0.39 is 10.0 Å². The molecule has 6 nitrogen and oxygen atoms in total. The van der Waals surface area contributed by atoms with Crippen LogP contribution in [-0.4, -0.2) is 62.1 Å². The van der Waals surface area contributed by atoms with E-state index in [9.17, 15) is 13.2 Å². The molecule has 1 aromatic carbocycles.